The van der Waals surface area contributed by atoms with E-state index in [0.717, 1.165) is 32.1 Å². The number of alkyl halides is 3. The number of nitrogens with one attached hydrogen (secondary N) is 3. The largest absolute Gasteiger partial charge is 0.434 e. The van der Waals surface area contributed by atoms with Crippen LogP contribution in [-0.2, 0) is 12.7 Å². The lowest BCUT2D eigenvalue weighted by molar-refractivity contribution is -0.140. The van der Waals surface area contributed by atoms with Crippen molar-refractivity contribution < 1.29 is 13.2 Å². The molecule has 28 heavy (non-hydrogen) atoms. The van der Waals surface area contributed by atoms with E-state index in [1.807, 2.05) is 31.2 Å². The van der Waals surface area contributed by atoms with Crippen molar-refractivity contribution in [2.24, 2.45) is 4.99 Å². The van der Waals surface area contributed by atoms with Crippen molar-refractivity contribution in [3.63, 3.8) is 0 Å². The molecule has 0 spiro atoms. The minimum atomic E-state index is -4.42. The first-order valence-electron chi connectivity index (χ1n) is 8.59. The van der Waals surface area contributed by atoms with Crippen LogP contribution in [0, 0.1) is 0 Å². The SMILES string of the molecule is CCNC(=NCc1nc(C(F)(F)F)cs1)NCCNc1nc2ccccc2s1. The molecule has 1 aromatic carbocycles. The van der Waals surface area contributed by atoms with Crippen LogP contribution in [0.4, 0.5) is 18.3 Å². The molecule has 0 aliphatic rings. The number of benzene rings is 1. The van der Waals surface area contributed by atoms with Crippen LogP contribution in [0.15, 0.2) is 34.6 Å². The topological polar surface area (TPSA) is 74.2 Å². The summed E-state index contributed by atoms with van der Waals surface area (Å²) in [5, 5.41) is 11.6. The monoisotopic (exact) mass is 428 g/mol. The molecule has 0 saturated carbocycles. The van der Waals surface area contributed by atoms with E-state index in [1.54, 1.807) is 11.3 Å². The molecule has 0 amide bonds. The lowest BCUT2D eigenvalue weighted by atomic mass is 10.3. The van der Waals surface area contributed by atoms with Gasteiger partial charge in [-0.2, -0.15) is 13.2 Å². The van der Waals surface area contributed by atoms with E-state index < -0.39 is 11.9 Å². The van der Waals surface area contributed by atoms with E-state index in [2.05, 4.69) is 30.9 Å². The Bertz CT molecular complexity index is 901. The molecule has 3 aromatic rings. The number of hydrogen-bond donors (Lipinski definition) is 3. The summed E-state index contributed by atoms with van der Waals surface area (Å²) in [6.45, 7) is 3.85. The molecule has 0 unspecified atom stereocenters. The first kappa shape index (κ1) is 20.3. The van der Waals surface area contributed by atoms with Gasteiger partial charge in [0.05, 0.1) is 16.8 Å². The van der Waals surface area contributed by atoms with Crippen LogP contribution in [0.2, 0.25) is 0 Å². The third kappa shape index (κ3) is 5.55. The molecule has 0 atom stereocenters. The maximum atomic E-state index is 12.6. The average molecular weight is 429 g/mol. The lowest BCUT2D eigenvalue weighted by Gasteiger charge is -2.11. The Labute approximate surface area is 167 Å². The number of aliphatic imine (C=N–C) groups is 1. The maximum absolute atomic E-state index is 12.6. The number of guanidine groups is 1. The van der Waals surface area contributed by atoms with Gasteiger partial charge in [-0.3, -0.25) is 0 Å². The third-order valence-corrected chi connectivity index (χ3v) is 5.37. The number of hydrogen-bond acceptors (Lipinski definition) is 6. The van der Waals surface area contributed by atoms with Crippen molar-refractivity contribution in [2.75, 3.05) is 25.0 Å². The molecule has 0 bridgehead atoms. The van der Waals surface area contributed by atoms with E-state index in [1.165, 1.54) is 0 Å². The van der Waals surface area contributed by atoms with Crippen molar-refractivity contribution in [3.05, 3.63) is 40.3 Å². The first-order chi connectivity index (χ1) is 13.5. The predicted molar refractivity (Wildman–Crippen MR) is 108 cm³/mol. The van der Waals surface area contributed by atoms with E-state index in [9.17, 15) is 13.2 Å². The summed E-state index contributed by atoms with van der Waals surface area (Å²) in [7, 11) is 0. The summed E-state index contributed by atoms with van der Waals surface area (Å²) < 4.78 is 38.9. The predicted octanol–water partition coefficient (Wildman–Crippen LogP) is 3.94. The molecule has 0 fully saturated rings. The summed E-state index contributed by atoms with van der Waals surface area (Å²) >= 11 is 2.53. The van der Waals surface area contributed by atoms with Crippen molar-refractivity contribution in [1.82, 2.24) is 20.6 Å². The van der Waals surface area contributed by atoms with Crippen molar-refractivity contribution in [1.29, 1.82) is 0 Å². The van der Waals surface area contributed by atoms with Gasteiger partial charge in [0, 0.05) is 25.0 Å². The second-order valence-corrected chi connectivity index (χ2v) is 7.63. The molecule has 2 heterocycles. The first-order valence-corrected chi connectivity index (χ1v) is 10.3. The van der Waals surface area contributed by atoms with Crippen LogP contribution in [0.3, 0.4) is 0 Å². The Hall–Kier alpha value is -2.40. The Kier molecular flexibility index (Phi) is 6.68. The molecule has 0 aliphatic carbocycles. The van der Waals surface area contributed by atoms with E-state index in [4.69, 9.17) is 0 Å². The highest BCUT2D eigenvalue weighted by Gasteiger charge is 2.33. The zero-order valence-electron chi connectivity index (χ0n) is 15.0. The van der Waals surface area contributed by atoms with Gasteiger partial charge < -0.3 is 16.0 Å². The molecule has 150 valence electrons. The minimum absolute atomic E-state index is 0.0847. The fourth-order valence-corrected chi connectivity index (χ4v) is 3.92. The van der Waals surface area contributed by atoms with Crippen LogP contribution in [-0.4, -0.2) is 35.6 Å². The molecule has 0 saturated heterocycles. The number of rotatable bonds is 7. The second kappa shape index (κ2) is 9.20. The molecular weight excluding hydrogens is 409 g/mol. The van der Waals surface area contributed by atoms with Crippen LogP contribution in [0.1, 0.15) is 17.6 Å². The van der Waals surface area contributed by atoms with Gasteiger partial charge in [0.1, 0.15) is 5.01 Å². The average Bonchev–Trinajstić information content (AvgIpc) is 3.29. The zero-order chi connectivity index (χ0) is 20.0. The van der Waals surface area contributed by atoms with Gasteiger partial charge in [0.2, 0.25) is 0 Å². The van der Waals surface area contributed by atoms with Crippen LogP contribution >= 0.6 is 22.7 Å². The molecule has 2 aromatic heterocycles. The normalized spacial score (nSPS) is 12.4. The Morgan fingerprint density at radius 1 is 1.14 bits per heavy atom. The van der Waals surface area contributed by atoms with Gasteiger partial charge in [0.15, 0.2) is 16.8 Å². The summed E-state index contributed by atoms with van der Waals surface area (Å²) in [4.78, 5) is 12.4. The fraction of sp³-hybridized carbons (Fsp3) is 0.353. The van der Waals surface area contributed by atoms with Gasteiger partial charge >= 0.3 is 6.18 Å². The van der Waals surface area contributed by atoms with Crippen molar-refractivity contribution in [2.45, 2.75) is 19.6 Å². The molecular formula is C17H19F3N6S2. The summed E-state index contributed by atoms with van der Waals surface area (Å²) in [5.41, 5.74) is 0.0835. The lowest BCUT2D eigenvalue weighted by Crippen LogP contribution is -2.39. The number of aromatic nitrogens is 2. The van der Waals surface area contributed by atoms with Crippen LogP contribution < -0.4 is 16.0 Å². The maximum Gasteiger partial charge on any atom is 0.434 e. The second-order valence-electron chi connectivity index (χ2n) is 5.66. The zero-order valence-corrected chi connectivity index (χ0v) is 16.6. The molecule has 0 aliphatic heterocycles. The molecule has 3 rings (SSSR count). The summed E-state index contributed by atoms with van der Waals surface area (Å²) in [5.74, 6) is 0.525. The highest BCUT2D eigenvalue weighted by molar-refractivity contribution is 7.22. The quantitative estimate of drug-likeness (QED) is 0.302. The number of para-hydroxylation sites is 1. The van der Waals surface area contributed by atoms with Crippen LogP contribution in [0.5, 0.6) is 0 Å². The third-order valence-electron chi connectivity index (χ3n) is 3.55. The van der Waals surface area contributed by atoms with Crippen LogP contribution in [0.25, 0.3) is 10.2 Å². The number of thiazole rings is 2. The molecule has 0 radical (unpaired) electrons. The number of fused-ring (bicyclic) bond motifs is 1. The summed E-state index contributed by atoms with van der Waals surface area (Å²) in [6, 6.07) is 7.92. The van der Waals surface area contributed by atoms with Gasteiger partial charge in [-0.15, -0.1) is 11.3 Å². The van der Waals surface area contributed by atoms with Crippen molar-refractivity contribution >= 4 is 44.0 Å². The van der Waals surface area contributed by atoms with Gasteiger partial charge in [-0.05, 0) is 19.1 Å². The molecule has 3 N–H and O–H groups in total. The van der Waals surface area contributed by atoms with Crippen molar-refractivity contribution in [3.8, 4) is 0 Å². The molecule has 11 heteroatoms. The highest BCUT2D eigenvalue weighted by atomic mass is 32.1. The summed E-state index contributed by atoms with van der Waals surface area (Å²) in [6.07, 6.45) is -4.42. The number of nitrogens with zero attached hydrogens (tertiary/aromatic N) is 3. The Morgan fingerprint density at radius 3 is 2.68 bits per heavy atom. The highest BCUT2D eigenvalue weighted by Crippen LogP contribution is 2.30. The van der Waals surface area contributed by atoms with E-state index in [-0.39, 0.29) is 6.54 Å². The molecule has 6 nitrogen and oxygen atoms in total. The Balaban J connectivity index is 1.49. The number of halogens is 3. The van der Waals surface area contributed by atoms with Gasteiger partial charge in [-0.25, -0.2) is 15.0 Å². The minimum Gasteiger partial charge on any atom is -0.360 e. The Morgan fingerprint density at radius 2 is 1.96 bits per heavy atom. The van der Waals surface area contributed by atoms with Gasteiger partial charge in [0.25, 0.3) is 0 Å². The standard InChI is InChI=1S/C17H19F3N6S2/c1-2-21-15(24-9-14-26-13(10-27-14)17(18,19)20)22-7-8-23-16-25-11-5-3-4-6-12(11)28-16/h3-6,10H,2,7-9H2,1H3,(H,23,25)(H2,21,22,24). The van der Waals surface area contributed by atoms with E-state index in [0.29, 0.717) is 30.6 Å². The number of anilines is 1. The fourth-order valence-electron chi connectivity index (χ4n) is 2.30. The smallest absolute Gasteiger partial charge is 0.360 e. The van der Waals surface area contributed by atoms with Gasteiger partial charge in [-0.1, -0.05) is 23.5 Å². The van der Waals surface area contributed by atoms with E-state index >= 15 is 0 Å².